The maximum atomic E-state index is 14.0. The summed E-state index contributed by atoms with van der Waals surface area (Å²) >= 11 is 0.856. The number of thioether (sulfide) groups is 1. The molecule has 13 nitrogen and oxygen atoms in total. The molecule has 1 aromatic carbocycles. The molecular weight excluding hydrogens is 697 g/mol. The Kier molecular flexibility index (Phi) is 8.65. The van der Waals surface area contributed by atoms with E-state index in [0.717, 1.165) is 54.4 Å². The molecule has 4 fully saturated rings. The fourth-order valence-corrected chi connectivity index (χ4v) is 11.7. The largest absolute Gasteiger partial charge is 0.451 e. The first kappa shape index (κ1) is 35.3. The van der Waals surface area contributed by atoms with Crippen molar-refractivity contribution in [2.45, 2.75) is 83.0 Å². The fourth-order valence-electron chi connectivity index (χ4n) is 10.9. The summed E-state index contributed by atoms with van der Waals surface area (Å²) in [5, 5.41) is 26.0. The highest BCUT2D eigenvalue weighted by Gasteiger charge is 2.71. The van der Waals surface area contributed by atoms with Gasteiger partial charge in [0, 0.05) is 17.5 Å². The molecule has 5 aliphatic rings. The molecule has 0 bridgehead atoms. The predicted octanol–water partition coefficient (Wildman–Crippen LogP) is 4.48. The lowest BCUT2D eigenvalue weighted by Crippen LogP contribution is -2.62. The van der Waals surface area contributed by atoms with E-state index in [-0.39, 0.29) is 52.1 Å². The molecule has 2 aromatic heterocycles. The Morgan fingerprint density at radius 1 is 1.21 bits per heavy atom. The van der Waals surface area contributed by atoms with Crippen molar-refractivity contribution in [3.05, 3.63) is 71.2 Å². The monoisotopic (exact) mass is 738 g/mol. The number of carbonyl (C=O) groups excluding carboxylic acids is 4. The Bertz CT molecular complexity index is 2070. The number of esters is 1. The molecule has 14 heteroatoms. The molecule has 0 unspecified atom stereocenters. The van der Waals surface area contributed by atoms with Crippen LogP contribution in [0.15, 0.2) is 53.1 Å². The number of nitrogens with zero attached hydrogens (tertiary/aromatic N) is 5. The number of aromatic nitrogens is 3. The number of fused-ring (bicyclic) bond motifs is 6. The first-order chi connectivity index (χ1) is 25.4. The van der Waals surface area contributed by atoms with Crippen molar-refractivity contribution in [2.24, 2.45) is 34.3 Å². The Labute approximate surface area is 310 Å². The maximum absolute atomic E-state index is 14.0. The molecule has 3 N–H and O–H groups in total. The van der Waals surface area contributed by atoms with Crippen LogP contribution in [0.3, 0.4) is 0 Å². The number of oxazole rings is 1. The summed E-state index contributed by atoms with van der Waals surface area (Å²) in [5.74, 6) is -1.63. The number of aliphatic hydroxyl groups excluding tert-OH is 1. The minimum Gasteiger partial charge on any atom is -0.451 e. The number of nitrogens with two attached hydrogens (primary N) is 1. The molecule has 3 aromatic rings. The molecule has 1 aliphatic heterocycles. The van der Waals surface area contributed by atoms with Gasteiger partial charge in [0.15, 0.2) is 17.7 Å². The van der Waals surface area contributed by atoms with Gasteiger partial charge < -0.3 is 24.9 Å². The smallest absolute Gasteiger partial charge is 0.361 e. The predicted molar refractivity (Wildman–Crippen MR) is 192 cm³/mol. The van der Waals surface area contributed by atoms with Gasteiger partial charge in [0.2, 0.25) is 11.0 Å². The van der Waals surface area contributed by atoms with Crippen molar-refractivity contribution in [1.29, 1.82) is 5.26 Å². The van der Waals surface area contributed by atoms with Crippen LogP contribution in [0.25, 0.3) is 11.8 Å². The van der Waals surface area contributed by atoms with Crippen molar-refractivity contribution in [2.75, 3.05) is 12.3 Å². The first-order valence-corrected chi connectivity index (χ1v) is 19.2. The summed E-state index contributed by atoms with van der Waals surface area (Å²) in [6, 6.07) is 8.69. The summed E-state index contributed by atoms with van der Waals surface area (Å²) in [6.45, 7) is 4.68. The molecule has 0 radical (unpaired) electrons. The number of allylic oxidation sites excluding steroid dienone is 1. The second-order valence-electron chi connectivity index (χ2n) is 15.7. The zero-order valence-corrected chi connectivity index (χ0v) is 30.5. The normalized spacial score (nSPS) is 32.8. The van der Waals surface area contributed by atoms with Crippen LogP contribution in [0, 0.1) is 39.9 Å². The third-order valence-corrected chi connectivity index (χ3v) is 14.1. The summed E-state index contributed by atoms with van der Waals surface area (Å²) < 4.78 is 13.0. The van der Waals surface area contributed by atoms with E-state index < -0.39 is 35.0 Å². The Balaban J connectivity index is 1.08. The number of aliphatic hydroxyl groups is 1. The van der Waals surface area contributed by atoms with Gasteiger partial charge in [-0.05, 0) is 104 Å². The van der Waals surface area contributed by atoms with Gasteiger partial charge in [0.1, 0.15) is 12.3 Å². The third-order valence-electron chi connectivity index (χ3n) is 13.2. The maximum Gasteiger partial charge on any atom is 0.361 e. The highest BCUT2D eigenvalue weighted by Crippen LogP contribution is 2.69. The SMILES string of the molecule is C[C@]12Cc3cnn(-c4cccc(C(=O)N5CCC[C@@H]5C(N)=O)c4)c3C=C1CC[C@@H]1[C@@H]2[C@@H](O)C[C@@]2(C)[C@H]1CC[C@]2(OC(=O)c1cocn1)C(=O)SCC#N. The van der Waals surface area contributed by atoms with Gasteiger partial charge in [-0.2, -0.15) is 10.4 Å². The van der Waals surface area contributed by atoms with E-state index in [1.165, 1.54) is 11.8 Å². The number of likely N-dealkylation sites (tertiary alicyclic amines) is 1. The van der Waals surface area contributed by atoms with Crippen LogP contribution in [0.5, 0.6) is 0 Å². The molecule has 8 rings (SSSR count). The van der Waals surface area contributed by atoms with E-state index in [1.807, 2.05) is 36.0 Å². The second-order valence-corrected chi connectivity index (χ2v) is 16.7. The number of hydrogen-bond donors (Lipinski definition) is 2. The summed E-state index contributed by atoms with van der Waals surface area (Å²) in [6.07, 6.45) is 10.3. The van der Waals surface area contributed by atoms with E-state index in [1.54, 1.807) is 17.0 Å². The minimum absolute atomic E-state index is 0.0137. The van der Waals surface area contributed by atoms with Gasteiger partial charge in [-0.1, -0.05) is 37.2 Å². The third kappa shape index (κ3) is 5.37. The molecule has 53 heavy (non-hydrogen) atoms. The van der Waals surface area contributed by atoms with Crippen LogP contribution >= 0.6 is 11.8 Å². The summed E-state index contributed by atoms with van der Waals surface area (Å²) in [4.78, 5) is 58.4. The number of carbonyl (C=O) groups is 4. The Morgan fingerprint density at radius 2 is 2.04 bits per heavy atom. The molecular formula is C39H42N6O7S. The van der Waals surface area contributed by atoms with Gasteiger partial charge in [-0.15, -0.1) is 0 Å². The lowest BCUT2D eigenvalue weighted by Gasteiger charge is -2.60. The molecule has 2 amide bonds. The lowest BCUT2D eigenvalue weighted by molar-refractivity contribution is -0.174. The highest BCUT2D eigenvalue weighted by atomic mass is 32.2. The topological polar surface area (TPSA) is 195 Å². The van der Waals surface area contributed by atoms with Gasteiger partial charge in [0.25, 0.3) is 5.91 Å². The van der Waals surface area contributed by atoms with E-state index in [4.69, 9.17) is 20.0 Å². The highest BCUT2D eigenvalue weighted by molar-refractivity contribution is 8.14. The Morgan fingerprint density at radius 3 is 2.79 bits per heavy atom. The molecule has 0 spiro atoms. The number of nitriles is 1. The van der Waals surface area contributed by atoms with Crippen LogP contribution in [-0.2, 0) is 20.7 Å². The zero-order valence-electron chi connectivity index (χ0n) is 29.7. The minimum atomic E-state index is -1.54. The number of ether oxygens (including phenoxy) is 1. The quantitative estimate of drug-likeness (QED) is 0.325. The standard InChI is InChI=1S/C39H42N6O7S/c1-37-17-23-19-43-45(25-6-3-5-22(15-25)34(48)44-13-4-7-29(44)33(41)47)30(23)16-24(37)8-9-26-27-10-11-39(36(50)53-14-12-40,38(27,2)18-31(46)32(26)37)52-35(49)28-20-51-21-42-28/h3,5-6,15-16,19-21,26-27,29,31-32,46H,4,7-11,13-14,17-18H2,1-2H3,(H2,41,47)/t26-,27-,29+,31-,32+,37-,38-,39-/m0/s1. The van der Waals surface area contributed by atoms with Crippen LogP contribution in [0.2, 0.25) is 0 Å². The molecule has 3 saturated carbocycles. The Hall–Kier alpha value is -4.74. The van der Waals surface area contributed by atoms with Gasteiger partial charge >= 0.3 is 5.97 Å². The number of hydrogen-bond acceptors (Lipinski definition) is 11. The number of amides is 2. The molecule has 276 valence electrons. The van der Waals surface area contributed by atoms with E-state index in [9.17, 15) is 29.5 Å². The zero-order chi connectivity index (χ0) is 37.3. The van der Waals surface area contributed by atoms with E-state index in [0.29, 0.717) is 37.8 Å². The number of benzene rings is 1. The first-order valence-electron chi connectivity index (χ1n) is 18.2. The van der Waals surface area contributed by atoms with Crippen molar-refractivity contribution in [1.82, 2.24) is 19.7 Å². The molecule has 8 atom stereocenters. The summed E-state index contributed by atoms with van der Waals surface area (Å²) in [7, 11) is 0. The van der Waals surface area contributed by atoms with E-state index in [2.05, 4.69) is 18.0 Å². The number of primary amides is 1. The van der Waals surface area contributed by atoms with Gasteiger partial charge in [0.05, 0.1) is 35.5 Å². The molecule has 1 saturated heterocycles. The van der Waals surface area contributed by atoms with E-state index >= 15 is 0 Å². The average molecular weight is 739 g/mol. The van der Waals surface area contributed by atoms with Crippen LogP contribution in [0.1, 0.15) is 90.9 Å². The summed E-state index contributed by atoms with van der Waals surface area (Å²) in [5.41, 5.74) is 7.16. The van der Waals surface area contributed by atoms with Crippen molar-refractivity contribution in [3.63, 3.8) is 0 Å². The van der Waals surface area contributed by atoms with Crippen LogP contribution < -0.4 is 5.73 Å². The van der Waals surface area contributed by atoms with Gasteiger partial charge in [-0.3, -0.25) is 14.4 Å². The number of rotatable bonds is 7. The van der Waals surface area contributed by atoms with Crippen LogP contribution in [-0.4, -0.2) is 77.7 Å². The fraction of sp³-hybridized carbons (Fsp3) is 0.513. The molecule has 3 heterocycles. The second kappa shape index (κ2) is 13.0. The van der Waals surface area contributed by atoms with Crippen LogP contribution in [0.4, 0.5) is 0 Å². The molecule has 4 aliphatic carbocycles. The average Bonchev–Trinajstić information content (AvgIpc) is 3.96. The van der Waals surface area contributed by atoms with Gasteiger partial charge in [-0.25, -0.2) is 14.5 Å². The lowest BCUT2D eigenvalue weighted by atomic mass is 9.45. The van der Waals surface area contributed by atoms with Crippen molar-refractivity contribution in [3.8, 4) is 11.8 Å². The van der Waals surface area contributed by atoms with Crippen molar-refractivity contribution >= 4 is 40.7 Å². The van der Waals surface area contributed by atoms with Crippen molar-refractivity contribution < 1.29 is 33.4 Å².